The van der Waals surface area contributed by atoms with Crippen molar-refractivity contribution in [1.82, 2.24) is 0 Å². The zero-order chi connectivity index (χ0) is 10.7. The van der Waals surface area contributed by atoms with Crippen molar-refractivity contribution in [2.75, 3.05) is 7.11 Å². The van der Waals surface area contributed by atoms with Gasteiger partial charge in [0.1, 0.15) is 5.75 Å². The summed E-state index contributed by atoms with van der Waals surface area (Å²) < 4.78 is 5.27. The van der Waals surface area contributed by atoms with Crippen LogP contribution in [0, 0.1) is 0 Å². The SMILES string of the molecule is C=C(C)[C@@H](C)c1c(Cl)cccc1OC. The third-order valence-corrected chi connectivity index (χ3v) is 2.73. The molecule has 0 aromatic heterocycles. The van der Waals surface area contributed by atoms with Crippen molar-refractivity contribution in [2.45, 2.75) is 19.8 Å². The summed E-state index contributed by atoms with van der Waals surface area (Å²) >= 11 is 6.13. The summed E-state index contributed by atoms with van der Waals surface area (Å²) in [4.78, 5) is 0. The molecule has 1 aromatic carbocycles. The lowest BCUT2D eigenvalue weighted by molar-refractivity contribution is 0.408. The summed E-state index contributed by atoms with van der Waals surface area (Å²) in [6.07, 6.45) is 0. The minimum Gasteiger partial charge on any atom is -0.496 e. The quantitative estimate of drug-likeness (QED) is 0.685. The lowest BCUT2D eigenvalue weighted by Crippen LogP contribution is -1.99. The van der Waals surface area contributed by atoms with Gasteiger partial charge in [0, 0.05) is 16.5 Å². The van der Waals surface area contributed by atoms with Gasteiger partial charge in [-0.05, 0) is 19.1 Å². The van der Waals surface area contributed by atoms with Crippen molar-refractivity contribution in [3.05, 3.63) is 40.9 Å². The Morgan fingerprint density at radius 1 is 1.50 bits per heavy atom. The molecule has 0 spiro atoms. The number of benzene rings is 1. The fourth-order valence-electron chi connectivity index (χ4n) is 1.36. The normalized spacial score (nSPS) is 12.3. The van der Waals surface area contributed by atoms with Crippen LogP contribution in [0.1, 0.15) is 25.3 Å². The molecule has 1 rings (SSSR count). The third-order valence-electron chi connectivity index (χ3n) is 2.41. The molecule has 0 heterocycles. The van der Waals surface area contributed by atoms with Gasteiger partial charge in [-0.3, -0.25) is 0 Å². The van der Waals surface area contributed by atoms with Crippen molar-refractivity contribution in [3.8, 4) is 5.75 Å². The highest BCUT2D eigenvalue weighted by Gasteiger charge is 2.15. The number of allylic oxidation sites excluding steroid dienone is 1. The molecule has 0 N–H and O–H groups in total. The average Bonchev–Trinajstić information content (AvgIpc) is 2.16. The van der Waals surface area contributed by atoms with E-state index in [0.717, 1.165) is 21.9 Å². The average molecular weight is 211 g/mol. The summed E-state index contributed by atoms with van der Waals surface area (Å²) in [5.41, 5.74) is 2.10. The topological polar surface area (TPSA) is 9.23 Å². The van der Waals surface area contributed by atoms with E-state index in [1.807, 2.05) is 25.1 Å². The van der Waals surface area contributed by atoms with E-state index >= 15 is 0 Å². The zero-order valence-electron chi connectivity index (χ0n) is 8.80. The van der Waals surface area contributed by atoms with Crippen molar-refractivity contribution in [2.24, 2.45) is 0 Å². The standard InChI is InChI=1S/C12H15ClO/c1-8(2)9(3)12-10(13)6-5-7-11(12)14-4/h5-7,9H,1H2,2-4H3/t9-/m1/s1. The molecule has 14 heavy (non-hydrogen) atoms. The van der Waals surface area contributed by atoms with E-state index in [-0.39, 0.29) is 5.92 Å². The zero-order valence-corrected chi connectivity index (χ0v) is 9.56. The van der Waals surface area contributed by atoms with Crippen LogP contribution in [-0.2, 0) is 0 Å². The first kappa shape index (κ1) is 11.1. The molecule has 76 valence electrons. The number of hydrogen-bond donors (Lipinski definition) is 0. The van der Waals surface area contributed by atoms with Gasteiger partial charge in [0.25, 0.3) is 0 Å². The Kier molecular flexibility index (Phi) is 3.59. The molecular formula is C12H15ClO. The Morgan fingerprint density at radius 3 is 2.64 bits per heavy atom. The van der Waals surface area contributed by atoms with Crippen LogP contribution < -0.4 is 4.74 Å². The van der Waals surface area contributed by atoms with Crippen LogP contribution in [0.25, 0.3) is 0 Å². The minimum absolute atomic E-state index is 0.221. The molecule has 0 fully saturated rings. The number of rotatable bonds is 3. The van der Waals surface area contributed by atoms with E-state index in [1.165, 1.54) is 0 Å². The van der Waals surface area contributed by atoms with Gasteiger partial charge in [-0.2, -0.15) is 0 Å². The minimum atomic E-state index is 0.221. The highest BCUT2D eigenvalue weighted by molar-refractivity contribution is 6.31. The van der Waals surface area contributed by atoms with E-state index < -0.39 is 0 Å². The summed E-state index contributed by atoms with van der Waals surface area (Å²) in [5.74, 6) is 1.05. The summed E-state index contributed by atoms with van der Waals surface area (Å²) in [6.45, 7) is 8.00. The van der Waals surface area contributed by atoms with Crippen LogP contribution in [0.3, 0.4) is 0 Å². The van der Waals surface area contributed by atoms with Crippen LogP contribution in [0.5, 0.6) is 5.75 Å². The largest absolute Gasteiger partial charge is 0.496 e. The summed E-state index contributed by atoms with van der Waals surface area (Å²) in [6, 6.07) is 5.68. The maximum atomic E-state index is 6.13. The Labute approximate surface area is 90.3 Å². The van der Waals surface area contributed by atoms with Gasteiger partial charge >= 0.3 is 0 Å². The highest BCUT2D eigenvalue weighted by Crippen LogP contribution is 2.36. The molecule has 2 heteroatoms. The Bertz CT molecular complexity index is 344. The van der Waals surface area contributed by atoms with E-state index in [9.17, 15) is 0 Å². The maximum Gasteiger partial charge on any atom is 0.124 e. The molecule has 1 nitrogen and oxygen atoms in total. The molecule has 0 bridgehead atoms. The van der Waals surface area contributed by atoms with E-state index in [4.69, 9.17) is 16.3 Å². The van der Waals surface area contributed by atoms with Gasteiger partial charge in [0.05, 0.1) is 7.11 Å². The number of hydrogen-bond acceptors (Lipinski definition) is 1. The van der Waals surface area contributed by atoms with E-state index in [0.29, 0.717) is 0 Å². The third kappa shape index (κ3) is 2.10. The number of halogens is 1. The Morgan fingerprint density at radius 2 is 2.14 bits per heavy atom. The molecule has 0 saturated carbocycles. The van der Waals surface area contributed by atoms with Crippen molar-refractivity contribution < 1.29 is 4.74 Å². The molecule has 1 atom stereocenters. The second kappa shape index (κ2) is 4.52. The first-order chi connectivity index (χ1) is 6.57. The maximum absolute atomic E-state index is 6.13. The lowest BCUT2D eigenvalue weighted by atomic mass is 9.94. The van der Waals surface area contributed by atoms with Gasteiger partial charge < -0.3 is 4.74 Å². The molecule has 0 radical (unpaired) electrons. The van der Waals surface area contributed by atoms with Crippen LogP contribution in [0.2, 0.25) is 5.02 Å². The summed E-state index contributed by atoms with van der Waals surface area (Å²) in [5, 5.41) is 0.736. The molecule has 0 unspecified atom stereocenters. The van der Waals surface area contributed by atoms with Crippen LogP contribution in [0.4, 0.5) is 0 Å². The van der Waals surface area contributed by atoms with E-state index in [1.54, 1.807) is 7.11 Å². The van der Waals surface area contributed by atoms with Gasteiger partial charge in [0.15, 0.2) is 0 Å². The number of ether oxygens (including phenoxy) is 1. The fourth-order valence-corrected chi connectivity index (χ4v) is 1.69. The van der Waals surface area contributed by atoms with Gasteiger partial charge in [0.2, 0.25) is 0 Å². The molecule has 0 aliphatic carbocycles. The van der Waals surface area contributed by atoms with Gasteiger partial charge in [-0.1, -0.05) is 36.7 Å². The fraction of sp³-hybridized carbons (Fsp3) is 0.333. The molecule has 0 saturated heterocycles. The predicted molar refractivity (Wildman–Crippen MR) is 61.2 cm³/mol. The van der Waals surface area contributed by atoms with Crippen LogP contribution in [0.15, 0.2) is 30.4 Å². The van der Waals surface area contributed by atoms with Crippen molar-refractivity contribution in [3.63, 3.8) is 0 Å². The van der Waals surface area contributed by atoms with Gasteiger partial charge in [-0.25, -0.2) is 0 Å². The Balaban J connectivity index is 3.23. The smallest absolute Gasteiger partial charge is 0.124 e. The number of methoxy groups -OCH3 is 1. The first-order valence-corrected chi connectivity index (χ1v) is 4.93. The molecule has 1 aromatic rings. The van der Waals surface area contributed by atoms with Crippen LogP contribution in [-0.4, -0.2) is 7.11 Å². The van der Waals surface area contributed by atoms with Crippen molar-refractivity contribution in [1.29, 1.82) is 0 Å². The molecule has 0 aliphatic rings. The second-order valence-electron chi connectivity index (χ2n) is 3.42. The molecule has 0 amide bonds. The monoisotopic (exact) mass is 210 g/mol. The summed E-state index contributed by atoms with van der Waals surface area (Å²) in [7, 11) is 1.65. The Hall–Kier alpha value is -0.950. The first-order valence-electron chi connectivity index (χ1n) is 4.55. The van der Waals surface area contributed by atoms with E-state index in [2.05, 4.69) is 13.5 Å². The lowest BCUT2D eigenvalue weighted by Gasteiger charge is -2.17. The highest BCUT2D eigenvalue weighted by atomic mass is 35.5. The molecular weight excluding hydrogens is 196 g/mol. The predicted octanol–water partition coefficient (Wildman–Crippen LogP) is 4.03. The molecule has 0 aliphatic heterocycles. The second-order valence-corrected chi connectivity index (χ2v) is 3.83. The van der Waals surface area contributed by atoms with Crippen molar-refractivity contribution >= 4 is 11.6 Å². The van der Waals surface area contributed by atoms with Gasteiger partial charge in [-0.15, -0.1) is 0 Å². The van der Waals surface area contributed by atoms with Crippen LogP contribution >= 0.6 is 11.6 Å².